The van der Waals surface area contributed by atoms with Crippen molar-refractivity contribution in [1.29, 1.82) is 0 Å². The van der Waals surface area contributed by atoms with Crippen LogP contribution in [-0.2, 0) is 15.7 Å². The number of hydrogen-bond acceptors (Lipinski definition) is 4. The zero-order valence-corrected chi connectivity index (χ0v) is 18.1. The van der Waals surface area contributed by atoms with E-state index in [1.165, 1.54) is 0 Å². The first-order valence-electron chi connectivity index (χ1n) is 9.98. The number of benzene rings is 2. The van der Waals surface area contributed by atoms with Gasteiger partial charge in [0.15, 0.2) is 12.4 Å². The van der Waals surface area contributed by atoms with E-state index in [1.54, 1.807) is 13.8 Å². The van der Waals surface area contributed by atoms with Crippen molar-refractivity contribution in [3.63, 3.8) is 0 Å². The molecule has 0 bridgehead atoms. The van der Waals surface area contributed by atoms with Crippen LogP contribution in [0.1, 0.15) is 53.7 Å². The van der Waals surface area contributed by atoms with Crippen molar-refractivity contribution in [3.8, 4) is 5.75 Å². The first-order valence-corrected chi connectivity index (χ1v) is 9.98. The minimum atomic E-state index is -4.47. The summed E-state index contributed by atoms with van der Waals surface area (Å²) in [6.07, 6.45) is -3.37. The smallest absolute Gasteiger partial charge is 0.416 e. The number of ether oxygens (including phenoxy) is 2. The molecular weight excluding hydrogens is 409 g/mol. The summed E-state index contributed by atoms with van der Waals surface area (Å²) in [6, 6.07) is 9.77. The Morgan fingerprint density at radius 1 is 0.968 bits per heavy atom. The highest BCUT2D eigenvalue weighted by Gasteiger charge is 2.31. The van der Waals surface area contributed by atoms with Gasteiger partial charge in [-0.05, 0) is 69.9 Å². The van der Waals surface area contributed by atoms with Crippen LogP contribution in [0.3, 0.4) is 0 Å². The molecule has 0 saturated heterocycles. The lowest BCUT2D eigenvalue weighted by molar-refractivity contribution is -0.153. The Bertz CT molecular complexity index is 915. The van der Waals surface area contributed by atoms with Crippen LogP contribution in [0.5, 0.6) is 5.75 Å². The molecule has 4 nitrogen and oxygen atoms in total. The highest BCUT2D eigenvalue weighted by Crippen LogP contribution is 2.29. The Balaban J connectivity index is 1.80. The van der Waals surface area contributed by atoms with Crippen LogP contribution in [0.25, 0.3) is 0 Å². The van der Waals surface area contributed by atoms with Crippen LogP contribution in [-0.4, -0.2) is 25.0 Å². The molecule has 2 aromatic rings. The Labute approximate surface area is 180 Å². The van der Waals surface area contributed by atoms with E-state index in [2.05, 4.69) is 0 Å². The molecule has 0 aliphatic rings. The summed E-state index contributed by atoms with van der Waals surface area (Å²) >= 11 is 0. The number of halogens is 3. The number of Topliss-reactive ketones (excluding diaryl/α,β-unsaturated/α-hetero) is 1. The van der Waals surface area contributed by atoms with E-state index in [4.69, 9.17) is 9.47 Å². The number of alkyl halides is 3. The molecule has 0 aliphatic carbocycles. The lowest BCUT2D eigenvalue weighted by atomic mass is 9.88. The lowest BCUT2D eigenvalue weighted by Crippen LogP contribution is -2.29. The molecule has 0 radical (unpaired) electrons. The molecule has 0 aromatic heterocycles. The van der Waals surface area contributed by atoms with Gasteiger partial charge in [0.05, 0.1) is 17.6 Å². The molecule has 0 aliphatic heterocycles. The van der Waals surface area contributed by atoms with Gasteiger partial charge in [0.2, 0.25) is 0 Å². The molecule has 168 valence electrons. The quantitative estimate of drug-likeness (QED) is 0.278. The second kappa shape index (κ2) is 9.98. The average Bonchev–Trinajstić information content (AvgIpc) is 2.71. The van der Waals surface area contributed by atoms with Crippen molar-refractivity contribution in [1.82, 2.24) is 0 Å². The molecule has 0 amide bonds. The van der Waals surface area contributed by atoms with E-state index in [1.807, 2.05) is 32.0 Å². The highest BCUT2D eigenvalue weighted by molar-refractivity contribution is 5.98. The van der Waals surface area contributed by atoms with Crippen molar-refractivity contribution in [2.24, 2.45) is 5.41 Å². The third-order valence-corrected chi connectivity index (χ3v) is 4.97. The van der Waals surface area contributed by atoms with Gasteiger partial charge < -0.3 is 9.47 Å². The van der Waals surface area contributed by atoms with Crippen molar-refractivity contribution in [3.05, 3.63) is 64.7 Å². The number of esters is 1. The van der Waals surface area contributed by atoms with Gasteiger partial charge in [-0.1, -0.05) is 24.3 Å². The van der Waals surface area contributed by atoms with Gasteiger partial charge in [-0.25, -0.2) is 0 Å². The van der Waals surface area contributed by atoms with E-state index >= 15 is 0 Å². The molecular formula is C24H27F3O4. The molecule has 2 aromatic carbocycles. The maximum Gasteiger partial charge on any atom is 0.416 e. The normalized spacial score (nSPS) is 11.8. The van der Waals surface area contributed by atoms with Crippen molar-refractivity contribution < 1.29 is 32.2 Å². The Morgan fingerprint density at radius 2 is 1.61 bits per heavy atom. The fourth-order valence-corrected chi connectivity index (χ4v) is 2.92. The van der Waals surface area contributed by atoms with Crippen LogP contribution in [0.2, 0.25) is 0 Å². The summed E-state index contributed by atoms with van der Waals surface area (Å²) < 4.78 is 48.7. The van der Waals surface area contributed by atoms with E-state index in [0.29, 0.717) is 19.4 Å². The summed E-state index contributed by atoms with van der Waals surface area (Å²) in [5.41, 5.74) is 0.518. The molecule has 0 N–H and O–H groups in total. The lowest BCUT2D eigenvalue weighted by Gasteiger charge is -2.22. The number of ketones is 1. The van der Waals surface area contributed by atoms with Crippen molar-refractivity contribution in [2.75, 3.05) is 13.2 Å². The maximum absolute atomic E-state index is 12.6. The molecule has 31 heavy (non-hydrogen) atoms. The van der Waals surface area contributed by atoms with E-state index in [9.17, 15) is 22.8 Å². The first-order chi connectivity index (χ1) is 14.4. The fraction of sp³-hybridized carbons (Fsp3) is 0.417. The molecule has 0 unspecified atom stereocenters. The van der Waals surface area contributed by atoms with Crippen LogP contribution in [0.15, 0.2) is 42.5 Å². The molecule has 0 fully saturated rings. The topological polar surface area (TPSA) is 52.6 Å². The summed E-state index contributed by atoms with van der Waals surface area (Å²) in [4.78, 5) is 24.5. The van der Waals surface area contributed by atoms with Gasteiger partial charge in [0, 0.05) is 5.56 Å². The van der Waals surface area contributed by atoms with Gasteiger partial charge >= 0.3 is 12.1 Å². The highest BCUT2D eigenvalue weighted by atomic mass is 19.4. The van der Waals surface area contributed by atoms with Gasteiger partial charge in [-0.3, -0.25) is 9.59 Å². The van der Waals surface area contributed by atoms with Gasteiger partial charge in [0.1, 0.15) is 5.75 Å². The maximum atomic E-state index is 12.6. The monoisotopic (exact) mass is 436 g/mol. The Hall–Kier alpha value is -2.83. The third kappa shape index (κ3) is 7.12. The fourth-order valence-electron chi connectivity index (χ4n) is 2.92. The molecule has 0 atom stereocenters. The Morgan fingerprint density at radius 3 is 2.23 bits per heavy atom. The minimum Gasteiger partial charge on any atom is -0.493 e. The second-order valence-corrected chi connectivity index (χ2v) is 8.18. The summed E-state index contributed by atoms with van der Waals surface area (Å²) in [7, 11) is 0. The predicted octanol–water partition coefficient (Wildman–Crippen LogP) is 5.93. The van der Waals surface area contributed by atoms with Gasteiger partial charge in [0.25, 0.3) is 0 Å². The molecule has 0 saturated carbocycles. The molecule has 0 heterocycles. The van der Waals surface area contributed by atoms with Crippen molar-refractivity contribution in [2.45, 2.75) is 46.7 Å². The predicted molar refractivity (Wildman–Crippen MR) is 111 cm³/mol. The SMILES string of the molecule is Cc1ccc(C)c(OCCCC(C)(C)C(=O)OCC(=O)c2ccc(C(F)(F)F)cc2)c1. The van der Waals surface area contributed by atoms with Gasteiger partial charge in [-0.15, -0.1) is 0 Å². The average molecular weight is 436 g/mol. The summed E-state index contributed by atoms with van der Waals surface area (Å²) in [5.74, 6) is -0.293. The number of hydrogen-bond donors (Lipinski definition) is 0. The molecule has 0 spiro atoms. The number of carbonyl (C=O) groups is 2. The first kappa shape index (κ1) is 24.4. The van der Waals surface area contributed by atoms with Crippen LogP contribution in [0, 0.1) is 19.3 Å². The largest absolute Gasteiger partial charge is 0.493 e. The molecule has 7 heteroatoms. The second-order valence-electron chi connectivity index (χ2n) is 8.18. The zero-order chi connectivity index (χ0) is 23.2. The Kier molecular flexibility index (Phi) is 7.87. The number of rotatable bonds is 9. The third-order valence-electron chi connectivity index (χ3n) is 4.97. The summed E-state index contributed by atoms with van der Waals surface area (Å²) in [6.45, 7) is 7.30. The minimum absolute atomic E-state index is 0.0560. The van der Waals surface area contributed by atoms with E-state index < -0.39 is 35.5 Å². The zero-order valence-electron chi connectivity index (χ0n) is 18.1. The van der Waals surface area contributed by atoms with Crippen molar-refractivity contribution >= 4 is 11.8 Å². The van der Waals surface area contributed by atoms with Crippen LogP contribution >= 0.6 is 0 Å². The number of aryl methyl sites for hydroxylation is 2. The summed E-state index contributed by atoms with van der Waals surface area (Å²) in [5, 5.41) is 0. The van der Waals surface area contributed by atoms with Gasteiger partial charge in [-0.2, -0.15) is 13.2 Å². The van der Waals surface area contributed by atoms with E-state index in [-0.39, 0.29) is 5.56 Å². The van der Waals surface area contributed by atoms with Crippen LogP contribution in [0.4, 0.5) is 13.2 Å². The molecule has 2 rings (SSSR count). The standard InChI is InChI=1S/C24H27F3O4/c1-16-6-7-17(2)21(14-16)30-13-5-12-23(3,4)22(29)31-15-20(28)18-8-10-19(11-9-18)24(25,26)27/h6-11,14H,5,12-13,15H2,1-4H3. The van der Waals surface area contributed by atoms with E-state index in [0.717, 1.165) is 41.1 Å². The van der Waals surface area contributed by atoms with Crippen LogP contribution < -0.4 is 4.74 Å². The number of carbonyl (C=O) groups excluding carboxylic acids is 2.